The van der Waals surface area contributed by atoms with Crippen LogP contribution < -0.4 is 15.1 Å². The first kappa shape index (κ1) is 26.2. The number of anilines is 2. The van der Waals surface area contributed by atoms with E-state index in [9.17, 15) is 9.18 Å². The molecule has 1 amide bonds. The molecular weight excluding hydrogens is 527 g/mol. The van der Waals surface area contributed by atoms with Gasteiger partial charge in [0.2, 0.25) is 5.95 Å². The summed E-state index contributed by atoms with van der Waals surface area (Å²) in [7, 11) is 3.19. The van der Waals surface area contributed by atoms with Crippen molar-refractivity contribution in [3.8, 4) is 11.1 Å². The van der Waals surface area contributed by atoms with Gasteiger partial charge in [-0.3, -0.25) is 4.68 Å². The van der Waals surface area contributed by atoms with E-state index in [0.717, 1.165) is 35.6 Å². The lowest BCUT2D eigenvalue weighted by molar-refractivity contribution is 0.161. The number of fused-ring (bicyclic) bond motifs is 1. The van der Waals surface area contributed by atoms with Crippen LogP contribution in [0.4, 0.5) is 21.0 Å². The summed E-state index contributed by atoms with van der Waals surface area (Å²) in [5.74, 6) is 1.09. The van der Waals surface area contributed by atoms with Crippen molar-refractivity contribution >= 4 is 23.4 Å². The lowest BCUT2D eigenvalue weighted by Crippen LogP contribution is -2.48. The van der Waals surface area contributed by atoms with E-state index in [0.29, 0.717) is 30.2 Å². The van der Waals surface area contributed by atoms with Gasteiger partial charge < -0.3 is 19.9 Å². The molecule has 1 aliphatic heterocycles. The minimum Gasteiger partial charge on any atom is -0.453 e. The highest BCUT2D eigenvalue weighted by atomic mass is 19.1. The van der Waals surface area contributed by atoms with Gasteiger partial charge in [0, 0.05) is 74.7 Å². The summed E-state index contributed by atoms with van der Waals surface area (Å²) in [5, 5.41) is 11.5. The molecule has 210 valence electrons. The average Bonchev–Trinajstić information content (AvgIpc) is 3.64. The number of piperazine rings is 1. The van der Waals surface area contributed by atoms with Gasteiger partial charge in [-0.05, 0) is 30.7 Å². The molecule has 1 saturated heterocycles. The highest BCUT2D eigenvalue weighted by Crippen LogP contribution is 2.30. The molecule has 1 aliphatic rings. The fraction of sp³-hybridized carbons (Fsp3) is 0.286. The number of hydrogen-bond acceptors (Lipinski definition) is 9. The van der Waals surface area contributed by atoms with Crippen molar-refractivity contribution in [3.63, 3.8) is 0 Å². The van der Waals surface area contributed by atoms with E-state index >= 15 is 0 Å². The van der Waals surface area contributed by atoms with Crippen LogP contribution in [0.3, 0.4) is 0 Å². The molecular formula is C28H29FN10O2. The Hall–Kier alpha value is -5.07. The van der Waals surface area contributed by atoms with Crippen LogP contribution in [0.2, 0.25) is 0 Å². The van der Waals surface area contributed by atoms with E-state index in [4.69, 9.17) is 4.74 Å². The quantitative estimate of drug-likeness (QED) is 0.337. The Morgan fingerprint density at radius 3 is 2.29 bits per heavy atom. The number of methoxy groups -OCH3 is 1. The minimum absolute atomic E-state index is 0.367. The van der Waals surface area contributed by atoms with Crippen molar-refractivity contribution in [2.24, 2.45) is 7.05 Å². The van der Waals surface area contributed by atoms with Crippen molar-refractivity contribution in [2.45, 2.75) is 12.5 Å². The number of nitrogens with zero attached hydrogens (tertiary/aromatic N) is 9. The van der Waals surface area contributed by atoms with Crippen molar-refractivity contribution in [1.29, 1.82) is 0 Å². The third kappa shape index (κ3) is 5.01. The van der Waals surface area contributed by atoms with E-state index in [1.807, 2.05) is 30.2 Å². The lowest BCUT2D eigenvalue weighted by atomic mass is 9.86. The van der Waals surface area contributed by atoms with Gasteiger partial charge in [0.25, 0.3) is 0 Å². The maximum Gasteiger partial charge on any atom is 0.407 e. The number of halogens is 1. The zero-order chi connectivity index (χ0) is 28.6. The van der Waals surface area contributed by atoms with Crippen LogP contribution in [0.1, 0.15) is 18.1 Å². The normalized spacial score (nSPS) is 15.1. The largest absolute Gasteiger partial charge is 0.453 e. The zero-order valence-electron chi connectivity index (χ0n) is 22.9. The molecule has 1 N–H and O–H groups in total. The second-order valence-corrected chi connectivity index (χ2v) is 10.0. The predicted molar refractivity (Wildman–Crippen MR) is 150 cm³/mol. The molecule has 5 heterocycles. The Morgan fingerprint density at radius 2 is 1.63 bits per heavy atom. The molecule has 1 aromatic carbocycles. The predicted octanol–water partition coefficient (Wildman–Crippen LogP) is 3.01. The molecule has 0 spiro atoms. The van der Waals surface area contributed by atoms with Crippen LogP contribution >= 0.6 is 0 Å². The summed E-state index contributed by atoms with van der Waals surface area (Å²) in [6, 6.07) is 8.02. The zero-order valence-corrected chi connectivity index (χ0v) is 22.9. The fourth-order valence-corrected chi connectivity index (χ4v) is 5.10. The first-order valence-corrected chi connectivity index (χ1v) is 13.1. The van der Waals surface area contributed by atoms with Crippen molar-refractivity contribution in [2.75, 3.05) is 43.1 Å². The van der Waals surface area contributed by atoms with Gasteiger partial charge in [0.1, 0.15) is 17.7 Å². The smallest absolute Gasteiger partial charge is 0.407 e. The number of benzene rings is 1. The second-order valence-electron chi connectivity index (χ2n) is 10.0. The first-order chi connectivity index (χ1) is 19.8. The maximum atomic E-state index is 13.6. The number of nitrogens with one attached hydrogen (secondary N) is 1. The van der Waals surface area contributed by atoms with Crippen LogP contribution in [0.15, 0.2) is 67.6 Å². The van der Waals surface area contributed by atoms with Crippen LogP contribution in [0.5, 0.6) is 0 Å². The van der Waals surface area contributed by atoms with Crippen molar-refractivity contribution in [3.05, 3.63) is 84.6 Å². The number of carbonyl (C=O) groups excluding carboxylic acids is 1. The number of amides is 1. The van der Waals surface area contributed by atoms with Gasteiger partial charge >= 0.3 is 6.09 Å². The number of hydrogen-bond donors (Lipinski definition) is 1. The summed E-state index contributed by atoms with van der Waals surface area (Å²) in [4.78, 5) is 30.4. The molecule has 13 heteroatoms. The number of carbonyl (C=O) groups is 1. The van der Waals surface area contributed by atoms with E-state index < -0.39 is 11.6 Å². The van der Waals surface area contributed by atoms with Gasteiger partial charge in [-0.15, -0.1) is 0 Å². The fourth-order valence-electron chi connectivity index (χ4n) is 5.10. The molecule has 1 atom stereocenters. The van der Waals surface area contributed by atoms with Gasteiger partial charge in [-0.1, -0.05) is 12.1 Å². The molecule has 6 rings (SSSR count). The minimum atomic E-state index is -1.03. The monoisotopic (exact) mass is 556 g/mol. The molecule has 12 nitrogen and oxygen atoms in total. The number of aromatic nitrogens is 7. The number of ether oxygens (including phenoxy) is 1. The maximum absolute atomic E-state index is 13.6. The topological polar surface area (TPSA) is 119 Å². The molecule has 0 bridgehead atoms. The average molecular weight is 557 g/mol. The molecule has 4 aromatic heterocycles. The van der Waals surface area contributed by atoms with E-state index in [1.165, 1.54) is 19.2 Å². The Bertz CT molecular complexity index is 1680. The van der Waals surface area contributed by atoms with Crippen LogP contribution in [0.25, 0.3) is 16.6 Å². The van der Waals surface area contributed by atoms with Crippen molar-refractivity contribution in [1.82, 2.24) is 39.7 Å². The van der Waals surface area contributed by atoms with Gasteiger partial charge in [0.05, 0.1) is 18.8 Å². The molecule has 0 radical (unpaired) electrons. The summed E-state index contributed by atoms with van der Waals surface area (Å²) in [5.41, 5.74) is 3.26. The number of alkyl carbamates (subject to hydrolysis) is 1. The Balaban J connectivity index is 1.19. The molecule has 5 aromatic rings. The summed E-state index contributed by atoms with van der Waals surface area (Å²) < 4.78 is 22.1. The van der Waals surface area contributed by atoms with E-state index in [2.05, 4.69) is 46.3 Å². The summed E-state index contributed by atoms with van der Waals surface area (Å²) in [6.07, 6.45) is 10.1. The van der Waals surface area contributed by atoms with Crippen LogP contribution in [-0.2, 0) is 17.3 Å². The van der Waals surface area contributed by atoms with Crippen LogP contribution in [-0.4, -0.2) is 73.7 Å². The van der Waals surface area contributed by atoms with Gasteiger partial charge in [0.15, 0.2) is 5.82 Å². The molecule has 41 heavy (non-hydrogen) atoms. The molecule has 0 aliphatic carbocycles. The highest BCUT2D eigenvalue weighted by molar-refractivity contribution is 5.77. The van der Waals surface area contributed by atoms with Gasteiger partial charge in [-0.25, -0.2) is 28.7 Å². The SMILES string of the molecule is COC(=O)N[C@@](C)(c1ccc(F)cc1)c1cnc(N2CCN(c3ncnn4cc(-c5cnn(C)c5)cc34)CC2)nc1. The third-order valence-electron chi connectivity index (χ3n) is 7.46. The van der Waals surface area contributed by atoms with Crippen LogP contribution in [0, 0.1) is 5.82 Å². The van der Waals surface area contributed by atoms with Crippen molar-refractivity contribution < 1.29 is 13.9 Å². The molecule has 1 fully saturated rings. The van der Waals surface area contributed by atoms with E-state index in [-0.39, 0.29) is 5.82 Å². The van der Waals surface area contributed by atoms with Gasteiger partial charge in [-0.2, -0.15) is 10.2 Å². The number of rotatable bonds is 6. The highest BCUT2D eigenvalue weighted by Gasteiger charge is 2.33. The third-order valence-corrected chi connectivity index (χ3v) is 7.46. The Labute approximate surface area is 235 Å². The summed E-state index contributed by atoms with van der Waals surface area (Å²) >= 11 is 0. The second kappa shape index (κ2) is 10.5. The molecule has 0 saturated carbocycles. The Morgan fingerprint density at radius 1 is 0.927 bits per heavy atom. The van der Waals surface area contributed by atoms with E-state index in [1.54, 1.807) is 42.5 Å². The Kier molecular flexibility index (Phi) is 6.69. The number of aryl methyl sites for hydroxylation is 1. The summed E-state index contributed by atoms with van der Waals surface area (Å²) in [6.45, 7) is 4.64. The first-order valence-electron chi connectivity index (χ1n) is 13.1. The standard InChI is InChI=1S/C28H29FN10O2/c1-28(35-27(40)41-3,21-4-6-23(29)7-5-21)22-14-30-26(31-15-22)38-10-8-37(9-11-38)25-24-12-19(17-39(24)34-18-32-25)20-13-33-36(2)16-20/h4-7,12-18H,8-11H2,1-3H3,(H,35,40)/t28-/m0/s1. The lowest BCUT2D eigenvalue weighted by Gasteiger charge is -2.36. The molecule has 0 unspecified atom stereocenters.